The molecule has 26 heavy (non-hydrogen) atoms. The van der Waals surface area contributed by atoms with E-state index in [9.17, 15) is 4.79 Å². The van der Waals surface area contributed by atoms with E-state index in [1.165, 1.54) is 11.4 Å². The summed E-state index contributed by atoms with van der Waals surface area (Å²) in [5, 5.41) is 0. The normalized spacial score (nSPS) is 15.2. The molecule has 5 nitrogen and oxygen atoms in total. The van der Waals surface area contributed by atoms with E-state index >= 15 is 0 Å². The van der Waals surface area contributed by atoms with Gasteiger partial charge >= 0.3 is 0 Å². The van der Waals surface area contributed by atoms with Crippen LogP contribution in [0.3, 0.4) is 0 Å². The lowest BCUT2D eigenvalue weighted by Gasteiger charge is -2.36. The zero-order chi connectivity index (χ0) is 17.8. The van der Waals surface area contributed by atoms with Gasteiger partial charge in [0.1, 0.15) is 6.29 Å². The minimum atomic E-state index is 0.724. The number of imidazole rings is 1. The average molecular weight is 346 g/mol. The molecule has 1 aliphatic heterocycles. The summed E-state index contributed by atoms with van der Waals surface area (Å²) in [4.78, 5) is 20.0. The summed E-state index contributed by atoms with van der Waals surface area (Å²) in [5.74, 6) is 0. The number of hydrogen-bond donors (Lipinski definition) is 0. The highest BCUT2D eigenvalue weighted by Crippen LogP contribution is 2.19. The number of aromatic nitrogens is 2. The minimum absolute atomic E-state index is 0.724. The molecule has 0 unspecified atom stereocenters. The van der Waals surface area contributed by atoms with Crippen LogP contribution in [-0.2, 0) is 6.54 Å². The molecule has 132 valence electrons. The molecule has 1 aromatic heterocycles. The van der Waals surface area contributed by atoms with Crippen molar-refractivity contribution < 1.29 is 4.79 Å². The first kappa shape index (κ1) is 16.5. The molecule has 0 spiro atoms. The van der Waals surface area contributed by atoms with E-state index in [2.05, 4.69) is 31.5 Å². The van der Waals surface area contributed by atoms with Crippen molar-refractivity contribution >= 4 is 12.0 Å². The molecule has 2 aromatic carbocycles. The summed E-state index contributed by atoms with van der Waals surface area (Å²) < 4.78 is 2.16. The molecular weight excluding hydrogens is 324 g/mol. The Morgan fingerprint density at radius 3 is 2.31 bits per heavy atom. The fraction of sp³-hybridized carbons (Fsp3) is 0.238. The van der Waals surface area contributed by atoms with Crippen LogP contribution < -0.4 is 4.90 Å². The second-order valence-electron chi connectivity index (χ2n) is 6.56. The van der Waals surface area contributed by atoms with E-state index in [1.54, 1.807) is 0 Å². The first-order valence-corrected chi connectivity index (χ1v) is 8.93. The number of piperazine rings is 1. The summed E-state index contributed by atoms with van der Waals surface area (Å²) >= 11 is 0. The maximum Gasteiger partial charge on any atom is 0.150 e. The van der Waals surface area contributed by atoms with E-state index in [-0.39, 0.29) is 0 Å². The van der Waals surface area contributed by atoms with E-state index in [0.717, 1.165) is 50.3 Å². The molecule has 5 heteroatoms. The number of aldehydes is 1. The van der Waals surface area contributed by atoms with Gasteiger partial charge in [0.15, 0.2) is 0 Å². The van der Waals surface area contributed by atoms with Gasteiger partial charge in [-0.3, -0.25) is 9.69 Å². The molecule has 0 amide bonds. The number of carbonyl (C=O) groups excluding carboxylic acids is 1. The van der Waals surface area contributed by atoms with Crippen LogP contribution >= 0.6 is 0 Å². The van der Waals surface area contributed by atoms with E-state index in [4.69, 9.17) is 0 Å². The largest absolute Gasteiger partial charge is 0.369 e. The number of carbonyl (C=O) groups is 1. The van der Waals surface area contributed by atoms with Crippen LogP contribution in [0.5, 0.6) is 0 Å². The fourth-order valence-corrected chi connectivity index (χ4v) is 3.42. The van der Waals surface area contributed by atoms with Crippen LogP contribution in [0.1, 0.15) is 16.1 Å². The molecule has 0 aliphatic carbocycles. The third kappa shape index (κ3) is 3.53. The van der Waals surface area contributed by atoms with E-state index in [0.29, 0.717) is 0 Å². The Kier molecular flexibility index (Phi) is 4.80. The summed E-state index contributed by atoms with van der Waals surface area (Å²) in [6.45, 7) is 4.89. The summed E-state index contributed by atoms with van der Waals surface area (Å²) in [7, 11) is 0. The molecule has 1 saturated heterocycles. The number of hydrogen-bond acceptors (Lipinski definition) is 4. The second-order valence-corrected chi connectivity index (χ2v) is 6.56. The van der Waals surface area contributed by atoms with Gasteiger partial charge in [-0.25, -0.2) is 4.98 Å². The average Bonchev–Trinajstić information content (AvgIpc) is 3.17. The maximum absolute atomic E-state index is 10.8. The predicted molar refractivity (Wildman–Crippen MR) is 103 cm³/mol. The maximum atomic E-state index is 10.8. The van der Waals surface area contributed by atoms with Crippen LogP contribution in [-0.4, -0.2) is 46.9 Å². The molecule has 2 heterocycles. The van der Waals surface area contributed by atoms with Crippen molar-refractivity contribution in [3.8, 4) is 5.69 Å². The van der Waals surface area contributed by atoms with Crippen molar-refractivity contribution in [1.29, 1.82) is 0 Å². The van der Waals surface area contributed by atoms with Gasteiger partial charge in [-0.1, -0.05) is 18.2 Å². The fourth-order valence-electron chi connectivity index (χ4n) is 3.42. The van der Waals surface area contributed by atoms with Gasteiger partial charge in [0, 0.05) is 55.9 Å². The summed E-state index contributed by atoms with van der Waals surface area (Å²) in [5.41, 5.74) is 4.26. The van der Waals surface area contributed by atoms with Gasteiger partial charge in [-0.05, 0) is 36.4 Å². The van der Waals surface area contributed by atoms with Gasteiger partial charge in [0.25, 0.3) is 0 Å². The lowest BCUT2D eigenvalue weighted by Crippen LogP contribution is -2.46. The lowest BCUT2D eigenvalue weighted by molar-refractivity contribution is 0.112. The number of rotatable bonds is 5. The Labute approximate surface area is 153 Å². The molecule has 0 radical (unpaired) electrons. The van der Waals surface area contributed by atoms with Gasteiger partial charge in [-0.15, -0.1) is 0 Å². The van der Waals surface area contributed by atoms with Crippen molar-refractivity contribution in [3.63, 3.8) is 0 Å². The van der Waals surface area contributed by atoms with Crippen LogP contribution in [0.25, 0.3) is 5.69 Å². The number of nitrogens with zero attached hydrogens (tertiary/aromatic N) is 4. The van der Waals surface area contributed by atoms with Gasteiger partial charge in [-0.2, -0.15) is 0 Å². The highest BCUT2D eigenvalue weighted by Gasteiger charge is 2.18. The molecule has 0 bridgehead atoms. The molecule has 1 fully saturated rings. The van der Waals surface area contributed by atoms with Crippen molar-refractivity contribution in [3.05, 3.63) is 78.4 Å². The van der Waals surface area contributed by atoms with Gasteiger partial charge < -0.3 is 9.47 Å². The topological polar surface area (TPSA) is 41.4 Å². The molecule has 0 atom stereocenters. The molecular formula is C21H22N4O. The highest BCUT2D eigenvalue weighted by molar-refractivity contribution is 5.75. The zero-order valence-electron chi connectivity index (χ0n) is 14.7. The monoisotopic (exact) mass is 346 g/mol. The number of benzene rings is 2. The lowest BCUT2D eigenvalue weighted by atomic mass is 10.2. The first-order chi connectivity index (χ1) is 12.8. The van der Waals surface area contributed by atoms with E-state index in [1.807, 2.05) is 55.0 Å². The second kappa shape index (κ2) is 7.54. The zero-order valence-corrected chi connectivity index (χ0v) is 14.7. The van der Waals surface area contributed by atoms with Crippen LogP contribution in [0.15, 0.2) is 67.1 Å². The predicted octanol–water partition coefficient (Wildman–Crippen LogP) is 3.01. The Balaban J connectivity index is 1.39. The molecule has 0 N–H and O–H groups in total. The third-order valence-electron chi connectivity index (χ3n) is 4.90. The Hall–Kier alpha value is -2.92. The Morgan fingerprint density at radius 1 is 0.885 bits per heavy atom. The molecule has 4 rings (SSSR count). The van der Waals surface area contributed by atoms with Gasteiger partial charge in [0.05, 0.1) is 12.0 Å². The SMILES string of the molecule is O=Cc1ccc(N2CCN(Cc3cncn3-c3ccccc3)CC2)cc1. The number of para-hydroxylation sites is 1. The Bertz CT molecular complexity index is 849. The highest BCUT2D eigenvalue weighted by atomic mass is 16.1. The Morgan fingerprint density at radius 2 is 1.62 bits per heavy atom. The van der Waals surface area contributed by atoms with Crippen LogP contribution in [0, 0.1) is 0 Å². The van der Waals surface area contributed by atoms with Crippen molar-refractivity contribution in [1.82, 2.24) is 14.5 Å². The van der Waals surface area contributed by atoms with Crippen molar-refractivity contribution in [2.45, 2.75) is 6.54 Å². The summed E-state index contributed by atoms with van der Waals surface area (Å²) in [6, 6.07) is 18.2. The summed E-state index contributed by atoms with van der Waals surface area (Å²) in [6.07, 6.45) is 4.73. The van der Waals surface area contributed by atoms with Gasteiger partial charge in [0.2, 0.25) is 0 Å². The third-order valence-corrected chi connectivity index (χ3v) is 4.90. The van der Waals surface area contributed by atoms with E-state index < -0.39 is 0 Å². The van der Waals surface area contributed by atoms with Crippen molar-refractivity contribution in [2.24, 2.45) is 0 Å². The molecule has 3 aromatic rings. The quantitative estimate of drug-likeness (QED) is 0.666. The molecule has 0 saturated carbocycles. The first-order valence-electron chi connectivity index (χ1n) is 8.93. The minimum Gasteiger partial charge on any atom is -0.369 e. The van der Waals surface area contributed by atoms with Crippen molar-refractivity contribution in [2.75, 3.05) is 31.1 Å². The standard InChI is InChI=1S/C21H22N4O/c26-16-18-6-8-19(9-7-18)24-12-10-23(11-13-24)15-21-14-22-17-25(21)20-4-2-1-3-5-20/h1-9,14,16-17H,10-13,15H2. The molecule has 1 aliphatic rings. The van der Waals surface area contributed by atoms with Crippen LogP contribution in [0.2, 0.25) is 0 Å². The number of anilines is 1. The smallest absolute Gasteiger partial charge is 0.150 e. The van der Waals surface area contributed by atoms with Crippen LogP contribution in [0.4, 0.5) is 5.69 Å².